The number of ether oxygens (including phenoxy) is 5. The van der Waals surface area contributed by atoms with Gasteiger partial charge in [0.1, 0.15) is 115 Å². The van der Waals surface area contributed by atoms with Crippen molar-refractivity contribution in [2.75, 3.05) is 6.61 Å². The number of benzene rings is 8. The van der Waals surface area contributed by atoms with Crippen LogP contribution < -0.4 is 41.2 Å². The summed E-state index contributed by atoms with van der Waals surface area (Å²) in [5.41, 5.74) is -10.2. The normalized spacial score (nSPS) is 11.7. The molecular weight excluding hydrogens is 2020 g/mol. The second-order valence-electron chi connectivity index (χ2n) is 30.5. The number of aryl methyl sites for hydroxylation is 1. The molecule has 8 heterocycles. The van der Waals surface area contributed by atoms with E-state index in [0.717, 1.165) is 105 Å². The average molecular weight is 2070 g/mol. The number of rotatable bonds is 25. The number of fused-ring (bicyclic) bond motifs is 4. The zero-order valence-corrected chi connectivity index (χ0v) is 73.5. The van der Waals surface area contributed by atoms with Crippen molar-refractivity contribution in [2.24, 2.45) is 0 Å². The van der Waals surface area contributed by atoms with Crippen LogP contribution in [0.15, 0.2) is 227 Å². The van der Waals surface area contributed by atoms with Gasteiger partial charge in [-0.25, -0.2) is 82.2 Å². The maximum absolute atomic E-state index is 14.1. The maximum atomic E-state index is 14.1. The molecule has 0 atom stereocenters. The molecule has 758 valence electrons. The Bertz CT molecular complexity index is 8110. The van der Waals surface area contributed by atoms with Crippen LogP contribution in [0.2, 0.25) is 0 Å². The first-order valence-electron chi connectivity index (χ1n) is 41.3. The minimum atomic E-state index is -4.91. The molecular formula is C96H56F24N12O15. The molecule has 2 N–H and O–H groups in total. The lowest BCUT2D eigenvalue weighted by Gasteiger charge is -2.15. The summed E-state index contributed by atoms with van der Waals surface area (Å²) in [4.78, 5) is 122. The number of carbonyl (C=O) groups excluding carboxylic acids is 2. The van der Waals surface area contributed by atoms with Crippen LogP contribution in [0.4, 0.5) is 105 Å². The number of halogens is 24. The fourth-order valence-corrected chi connectivity index (χ4v) is 13.7. The summed E-state index contributed by atoms with van der Waals surface area (Å²) >= 11 is 0. The molecule has 8 aromatic carbocycles. The Morgan fingerprint density at radius 3 is 0.857 bits per heavy atom. The summed E-state index contributed by atoms with van der Waals surface area (Å²) in [7, 11) is 0. The van der Waals surface area contributed by atoms with Crippen LogP contribution in [0.3, 0.4) is 0 Å². The van der Waals surface area contributed by atoms with Crippen molar-refractivity contribution in [1.82, 2.24) is 58.1 Å². The standard InChI is InChI=1S/C26H17F6N3O4.C24H15F6N3O4.C24H13F6N3O4.C22H11F6N3O3/c1-2-38-23(36)6-3-14-7-19(26(30,31)32)25(33-11-14)39-16-4-5-22-17(10-16)24(37)34-13-35(22)12-18-20(28)8-15(27)9-21(18)29;2*25-13-6-18(26)16(19(27)7-13)10-33-11-32-22(36)15-8-14(2-3-20(15)33)37-23-17(24(28,29)30)5-12(9-31-23)1-4-21(34)35;23-12-4-17(24)15(18(25)5-12)8-31-10-30-20(33)14-6-13(1-2-19(14)31)34-21-16(22(26,27)28)3-11(9-32)7-29-21/h3-11,13H,2,12H2,1H3;2-3,5-9,11H,1,4,10H2,(H,34,35);1-9,11H,10H2,(H,34,35);1-7,9-10H,8H2/b6-3+;;4-1+;. The molecule has 0 saturated carbocycles. The van der Waals surface area contributed by atoms with Crippen LogP contribution in [0, 0.1) is 69.8 Å². The van der Waals surface area contributed by atoms with Gasteiger partial charge in [-0.3, -0.25) is 28.8 Å². The van der Waals surface area contributed by atoms with Gasteiger partial charge in [0.15, 0.2) is 6.29 Å². The topological polar surface area (TPSA) is 346 Å². The third kappa shape index (κ3) is 26.3. The number of alkyl halides is 12. The molecule has 0 saturated heterocycles. The molecule has 0 radical (unpaired) electrons. The number of aliphatic carboxylic acids is 2. The molecule has 0 unspecified atom stereocenters. The highest BCUT2D eigenvalue weighted by atomic mass is 19.4. The van der Waals surface area contributed by atoms with Crippen molar-refractivity contribution in [3.63, 3.8) is 0 Å². The molecule has 0 spiro atoms. The van der Waals surface area contributed by atoms with Gasteiger partial charge < -0.3 is 52.2 Å². The number of pyridine rings is 4. The maximum Gasteiger partial charge on any atom is 0.421 e. The van der Waals surface area contributed by atoms with Gasteiger partial charge in [0.2, 0.25) is 23.5 Å². The van der Waals surface area contributed by atoms with E-state index in [1.54, 1.807) is 6.92 Å². The highest BCUT2D eigenvalue weighted by Gasteiger charge is 2.40. The lowest BCUT2D eigenvalue weighted by Crippen LogP contribution is -2.14. The van der Waals surface area contributed by atoms with Crippen molar-refractivity contribution < 1.29 is 158 Å². The van der Waals surface area contributed by atoms with Gasteiger partial charge in [-0.15, -0.1) is 0 Å². The van der Waals surface area contributed by atoms with Crippen LogP contribution >= 0.6 is 0 Å². The predicted molar refractivity (Wildman–Crippen MR) is 467 cm³/mol. The summed E-state index contributed by atoms with van der Waals surface area (Å²) in [6.45, 7) is -0.164. The van der Waals surface area contributed by atoms with Crippen LogP contribution in [0.1, 0.15) is 84.9 Å². The van der Waals surface area contributed by atoms with Crippen LogP contribution in [-0.2, 0) is 76.4 Å². The zero-order chi connectivity index (χ0) is 107. The van der Waals surface area contributed by atoms with E-state index >= 15 is 0 Å². The molecule has 16 rings (SSSR count). The molecule has 147 heavy (non-hydrogen) atoms. The molecule has 0 aliphatic carbocycles. The molecule has 0 aliphatic heterocycles. The minimum Gasteiger partial charge on any atom is -0.481 e. The van der Waals surface area contributed by atoms with Gasteiger partial charge >= 0.3 is 42.6 Å². The van der Waals surface area contributed by atoms with Gasteiger partial charge in [-0.1, -0.05) is 0 Å². The molecule has 0 aliphatic rings. The molecule has 51 heteroatoms. The second-order valence-corrected chi connectivity index (χ2v) is 30.5. The highest BCUT2D eigenvalue weighted by molar-refractivity contribution is 5.88. The summed E-state index contributed by atoms with van der Waals surface area (Å²) in [6, 6.07) is 21.0. The van der Waals surface area contributed by atoms with Gasteiger partial charge in [-0.2, -0.15) is 72.6 Å². The minimum absolute atomic E-state index is 0.0351. The van der Waals surface area contributed by atoms with Crippen molar-refractivity contribution in [3.05, 3.63) is 386 Å². The highest BCUT2D eigenvalue weighted by Crippen LogP contribution is 2.44. The number of esters is 1. The Labute approximate surface area is 803 Å². The van der Waals surface area contributed by atoms with E-state index in [9.17, 15) is 144 Å². The Hall–Kier alpha value is -18.0. The Morgan fingerprint density at radius 1 is 0.340 bits per heavy atom. The summed E-state index contributed by atoms with van der Waals surface area (Å²) < 4.78 is 359. The third-order valence-corrected chi connectivity index (χ3v) is 20.5. The van der Waals surface area contributed by atoms with Crippen molar-refractivity contribution in [2.45, 2.75) is 70.6 Å². The second kappa shape index (κ2) is 44.2. The van der Waals surface area contributed by atoms with E-state index in [1.807, 2.05) is 0 Å². The number of hydrogen-bond acceptors (Lipinski definition) is 21. The predicted octanol–water partition coefficient (Wildman–Crippen LogP) is 20.8. The van der Waals surface area contributed by atoms with Gasteiger partial charge in [-0.05, 0) is 139 Å². The number of carboxylic acid groups (broad SMARTS) is 2. The lowest BCUT2D eigenvalue weighted by molar-refractivity contribution is -0.139. The van der Waals surface area contributed by atoms with E-state index in [-0.39, 0.29) is 108 Å². The Morgan fingerprint density at radius 2 is 0.599 bits per heavy atom. The van der Waals surface area contributed by atoms with E-state index in [1.165, 1.54) is 66.8 Å². The van der Waals surface area contributed by atoms with Crippen molar-refractivity contribution in [3.8, 4) is 46.5 Å². The van der Waals surface area contributed by atoms with E-state index < -0.39 is 235 Å². The molecule has 27 nitrogen and oxygen atoms in total. The average Bonchev–Trinajstić information content (AvgIpc) is 0.786. The number of aromatic nitrogens is 12. The lowest BCUT2D eigenvalue weighted by atomic mass is 10.1. The fraction of sp³-hybridized carbons (Fsp3) is 0.125. The van der Waals surface area contributed by atoms with Crippen LogP contribution in [0.25, 0.3) is 55.8 Å². The quantitative estimate of drug-likeness (QED) is 0.0232. The van der Waals surface area contributed by atoms with Crippen LogP contribution in [-0.4, -0.2) is 99.2 Å². The summed E-state index contributed by atoms with van der Waals surface area (Å²) in [6.07, 6.45) is -8.29. The molecule has 0 bridgehead atoms. The van der Waals surface area contributed by atoms with Crippen molar-refractivity contribution in [1.29, 1.82) is 0 Å². The first kappa shape index (κ1) is 106. The third-order valence-electron chi connectivity index (χ3n) is 20.5. The van der Waals surface area contributed by atoms with E-state index in [4.69, 9.17) is 29.2 Å². The molecule has 0 amide bonds. The number of aldehydes is 1. The van der Waals surface area contributed by atoms with E-state index in [2.05, 4.69) is 44.6 Å². The Kier molecular flexibility index (Phi) is 32.0. The van der Waals surface area contributed by atoms with Gasteiger partial charge in [0.05, 0.1) is 102 Å². The largest absolute Gasteiger partial charge is 0.481 e. The van der Waals surface area contributed by atoms with Gasteiger partial charge in [0.25, 0.3) is 22.2 Å². The number of hydrogen-bond donors (Lipinski definition) is 2. The summed E-state index contributed by atoms with van der Waals surface area (Å²) in [5.74, 6) is -21.1. The Balaban J connectivity index is 0.000000164. The monoisotopic (exact) mass is 2070 g/mol. The molecule has 16 aromatic rings. The first-order chi connectivity index (χ1) is 69.4. The van der Waals surface area contributed by atoms with Crippen molar-refractivity contribution >= 4 is 80.0 Å². The first-order valence-corrected chi connectivity index (χ1v) is 41.3. The van der Waals surface area contributed by atoms with Gasteiger partial charge in [0, 0.05) is 120 Å². The fourth-order valence-electron chi connectivity index (χ4n) is 13.7. The molecule has 0 fully saturated rings. The molecule has 8 aromatic heterocycles. The summed E-state index contributed by atoms with van der Waals surface area (Å²) in [5, 5.41) is 16.9. The van der Waals surface area contributed by atoms with E-state index in [0.29, 0.717) is 66.7 Å². The zero-order valence-electron chi connectivity index (χ0n) is 73.5. The SMILES string of the molecule is CCOC(=O)/C=C/c1cnc(Oc2ccc3c(c2)c(=O)ncn3Cc2c(F)cc(F)cc2F)c(C(F)(F)F)c1.O=C(O)/C=C/c1cnc(Oc2ccc3c(c2)c(=O)ncn3Cc2c(F)cc(F)cc2F)c(C(F)(F)F)c1.O=C(O)CCc1cnc(Oc2ccc3c(c2)c(=O)ncn3Cc2c(F)cc(F)cc2F)c(C(F)(F)F)c1.O=Cc1cnc(Oc2ccc3c(c2)c(=O)ncn3Cc2c(F)cc(F)cc2F)c(C(F)(F)F)c1. The number of carboxylic acids is 2. The number of nitrogens with zero attached hydrogens (tertiary/aromatic N) is 12. The van der Waals surface area contributed by atoms with Crippen LogP contribution in [0.5, 0.6) is 46.5 Å². The number of carbonyl (C=O) groups is 4. The smallest absolute Gasteiger partial charge is 0.421 e.